The number of fused-ring (bicyclic) bond motifs is 1. The van der Waals surface area contributed by atoms with Crippen molar-refractivity contribution in [2.24, 2.45) is 0 Å². The van der Waals surface area contributed by atoms with Crippen molar-refractivity contribution < 1.29 is 27.5 Å². The molecule has 224 valence electrons. The molecule has 1 heterocycles. The zero-order valence-corrected chi connectivity index (χ0v) is 25.5. The fraction of sp³-hybridized carbons (Fsp3) is 0.355. The van der Waals surface area contributed by atoms with Crippen molar-refractivity contribution in [3.63, 3.8) is 0 Å². The van der Waals surface area contributed by atoms with E-state index in [-0.39, 0.29) is 36.4 Å². The molecule has 0 bridgehead atoms. The Morgan fingerprint density at radius 1 is 0.929 bits per heavy atom. The molecule has 3 aromatic rings. The summed E-state index contributed by atoms with van der Waals surface area (Å²) in [7, 11) is -3.90. The van der Waals surface area contributed by atoms with E-state index in [0.717, 1.165) is 9.87 Å². The molecule has 42 heavy (non-hydrogen) atoms. The summed E-state index contributed by atoms with van der Waals surface area (Å²) >= 11 is 6.26. The van der Waals surface area contributed by atoms with E-state index in [1.165, 1.54) is 11.8 Å². The summed E-state index contributed by atoms with van der Waals surface area (Å²) in [6, 6.07) is 20.1. The molecular formula is C31H36ClN3O6S. The van der Waals surface area contributed by atoms with Gasteiger partial charge >= 0.3 is 0 Å². The van der Waals surface area contributed by atoms with Crippen LogP contribution in [0.5, 0.6) is 11.5 Å². The SMILES string of the molecule is CCS(=O)(=O)N(CC(=O)N(Cc1cccc(Cl)c1)[C@H](Cc1ccccc1)C(=O)NC(C)C)c1ccc2c(c1)OCCO2. The van der Waals surface area contributed by atoms with E-state index in [1.807, 2.05) is 50.2 Å². The fourth-order valence-corrected chi connectivity index (χ4v) is 5.94. The molecule has 2 amide bonds. The maximum absolute atomic E-state index is 14.2. The maximum Gasteiger partial charge on any atom is 0.244 e. The molecule has 0 spiro atoms. The molecule has 1 N–H and O–H groups in total. The van der Waals surface area contributed by atoms with Gasteiger partial charge in [0.15, 0.2) is 11.5 Å². The van der Waals surface area contributed by atoms with Crippen molar-refractivity contribution in [2.45, 2.75) is 45.8 Å². The van der Waals surface area contributed by atoms with Gasteiger partial charge < -0.3 is 19.7 Å². The van der Waals surface area contributed by atoms with Crippen molar-refractivity contribution in [2.75, 3.05) is 29.8 Å². The first-order valence-corrected chi connectivity index (χ1v) is 15.8. The Labute approximate surface area is 252 Å². The van der Waals surface area contributed by atoms with Gasteiger partial charge in [0.1, 0.15) is 25.8 Å². The number of ether oxygens (including phenoxy) is 2. The van der Waals surface area contributed by atoms with Gasteiger partial charge in [0.25, 0.3) is 0 Å². The first-order chi connectivity index (χ1) is 20.1. The number of halogens is 1. The molecule has 0 aliphatic carbocycles. The van der Waals surface area contributed by atoms with Gasteiger partial charge in [-0.3, -0.25) is 13.9 Å². The second-order valence-electron chi connectivity index (χ2n) is 10.3. The van der Waals surface area contributed by atoms with Crippen molar-refractivity contribution in [3.8, 4) is 11.5 Å². The maximum atomic E-state index is 14.2. The van der Waals surface area contributed by atoms with Gasteiger partial charge in [-0.1, -0.05) is 54.1 Å². The normalized spacial score (nSPS) is 13.4. The van der Waals surface area contributed by atoms with E-state index in [2.05, 4.69) is 5.32 Å². The third kappa shape index (κ3) is 7.95. The number of hydrogen-bond donors (Lipinski definition) is 1. The molecule has 1 aliphatic rings. The molecule has 0 unspecified atom stereocenters. The molecule has 0 fully saturated rings. The van der Waals surface area contributed by atoms with Crippen LogP contribution in [0.1, 0.15) is 31.9 Å². The van der Waals surface area contributed by atoms with E-state index in [4.69, 9.17) is 21.1 Å². The zero-order chi connectivity index (χ0) is 30.3. The zero-order valence-electron chi connectivity index (χ0n) is 24.0. The fourth-order valence-electron chi connectivity index (χ4n) is 4.67. The quantitative estimate of drug-likeness (QED) is 0.324. The minimum atomic E-state index is -3.90. The van der Waals surface area contributed by atoms with Crippen LogP contribution >= 0.6 is 11.6 Å². The molecule has 9 nitrogen and oxygen atoms in total. The van der Waals surface area contributed by atoms with Crippen molar-refractivity contribution in [1.82, 2.24) is 10.2 Å². The lowest BCUT2D eigenvalue weighted by molar-refractivity contribution is -0.140. The van der Waals surface area contributed by atoms with Crippen LogP contribution in [-0.4, -0.2) is 62.7 Å². The molecular weight excluding hydrogens is 578 g/mol. The predicted octanol–water partition coefficient (Wildman–Crippen LogP) is 4.43. The minimum Gasteiger partial charge on any atom is -0.486 e. The highest BCUT2D eigenvalue weighted by Crippen LogP contribution is 2.35. The molecule has 0 aromatic heterocycles. The van der Waals surface area contributed by atoms with Gasteiger partial charge in [-0.15, -0.1) is 0 Å². The largest absolute Gasteiger partial charge is 0.486 e. The number of nitrogens with one attached hydrogen (secondary N) is 1. The Morgan fingerprint density at radius 3 is 2.29 bits per heavy atom. The minimum absolute atomic E-state index is 0.0452. The lowest BCUT2D eigenvalue weighted by Gasteiger charge is -2.34. The van der Waals surface area contributed by atoms with Crippen molar-refractivity contribution in [1.29, 1.82) is 0 Å². The Hall–Kier alpha value is -3.76. The van der Waals surface area contributed by atoms with Crippen LogP contribution < -0.4 is 19.1 Å². The highest BCUT2D eigenvalue weighted by molar-refractivity contribution is 7.92. The van der Waals surface area contributed by atoms with Crippen LogP contribution in [0.3, 0.4) is 0 Å². The Balaban J connectivity index is 1.75. The molecule has 11 heteroatoms. The number of carbonyl (C=O) groups is 2. The number of amides is 2. The summed E-state index contributed by atoms with van der Waals surface area (Å²) in [6.07, 6.45) is 0.232. The Kier molecular flexibility index (Phi) is 10.3. The number of carbonyl (C=O) groups excluding carboxylic acids is 2. The van der Waals surface area contributed by atoms with Crippen LogP contribution in [-0.2, 0) is 32.6 Å². The topological polar surface area (TPSA) is 105 Å². The summed E-state index contributed by atoms with van der Waals surface area (Å²) in [5.74, 6) is -0.211. The highest BCUT2D eigenvalue weighted by atomic mass is 35.5. The van der Waals surface area contributed by atoms with Crippen LogP contribution in [0.2, 0.25) is 5.02 Å². The van der Waals surface area contributed by atoms with E-state index in [9.17, 15) is 18.0 Å². The highest BCUT2D eigenvalue weighted by Gasteiger charge is 2.34. The average Bonchev–Trinajstić information content (AvgIpc) is 2.97. The van der Waals surface area contributed by atoms with E-state index >= 15 is 0 Å². The number of rotatable bonds is 12. The first kappa shape index (κ1) is 31.2. The lowest BCUT2D eigenvalue weighted by Crippen LogP contribution is -2.54. The molecule has 1 aliphatic heterocycles. The Bertz CT molecular complexity index is 1500. The molecule has 4 rings (SSSR count). The van der Waals surface area contributed by atoms with Crippen LogP contribution in [0, 0.1) is 0 Å². The third-order valence-electron chi connectivity index (χ3n) is 6.74. The summed E-state index contributed by atoms with van der Waals surface area (Å²) in [5.41, 5.74) is 1.83. The molecule has 1 atom stereocenters. The number of sulfonamides is 1. The van der Waals surface area contributed by atoms with Gasteiger partial charge in [-0.05, 0) is 56.2 Å². The standard InChI is InChI=1S/C31H36ClN3O6S/c1-4-42(38,39)35(26-13-14-28-29(19-26)41-16-15-40-28)21-30(36)34(20-24-11-8-12-25(32)17-24)27(31(37)33-22(2)3)18-23-9-6-5-7-10-23/h5-14,17,19,22,27H,4,15-16,18,20-21H2,1-3H3,(H,33,37)/t27-/m1/s1. The summed E-state index contributed by atoms with van der Waals surface area (Å²) < 4.78 is 39.0. The summed E-state index contributed by atoms with van der Waals surface area (Å²) in [5, 5.41) is 3.42. The number of anilines is 1. The monoisotopic (exact) mass is 613 g/mol. The summed E-state index contributed by atoms with van der Waals surface area (Å²) in [6.45, 7) is 5.45. The lowest BCUT2D eigenvalue weighted by atomic mass is 10.0. The van der Waals surface area contributed by atoms with Crippen LogP contribution in [0.15, 0.2) is 72.8 Å². The second kappa shape index (κ2) is 13.9. The van der Waals surface area contributed by atoms with E-state index < -0.39 is 28.5 Å². The molecule has 0 radical (unpaired) electrons. The van der Waals surface area contributed by atoms with Crippen LogP contribution in [0.25, 0.3) is 0 Å². The third-order valence-corrected chi connectivity index (χ3v) is 8.71. The van der Waals surface area contributed by atoms with Crippen molar-refractivity contribution >= 4 is 39.1 Å². The smallest absolute Gasteiger partial charge is 0.244 e. The predicted molar refractivity (Wildman–Crippen MR) is 163 cm³/mol. The average molecular weight is 614 g/mol. The van der Waals surface area contributed by atoms with E-state index in [1.54, 1.807) is 36.4 Å². The molecule has 3 aromatic carbocycles. The van der Waals surface area contributed by atoms with E-state index in [0.29, 0.717) is 35.3 Å². The number of hydrogen-bond acceptors (Lipinski definition) is 6. The van der Waals surface area contributed by atoms with Gasteiger partial charge in [-0.25, -0.2) is 8.42 Å². The second-order valence-corrected chi connectivity index (χ2v) is 12.9. The van der Waals surface area contributed by atoms with Gasteiger partial charge in [-0.2, -0.15) is 0 Å². The van der Waals surface area contributed by atoms with Crippen molar-refractivity contribution in [3.05, 3.63) is 88.9 Å². The summed E-state index contributed by atoms with van der Waals surface area (Å²) in [4.78, 5) is 29.3. The van der Waals surface area contributed by atoms with Gasteiger partial charge in [0.05, 0.1) is 11.4 Å². The molecule has 0 saturated carbocycles. The number of benzene rings is 3. The number of nitrogens with zero attached hydrogens (tertiary/aromatic N) is 2. The first-order valence-electron chi connectivity index (χ1n) is 13.9. The Morgan fingerprint density at radius 2 is 1.62 bits per heavy atom. The van der Waals surface area contributed by atoms with Gasteiger partial charge in [0.2, 0.25) is 21.8 Å². The van der Waals surface area contributed by atoms with Gasteiger partial charge in [0, 0.05) is 30.1 Å². The molecule has 0 saturated heterocycles. The van der Waals surface area contributed by atoms with Crippen LogP contribution in [0.4, 0.5) is 5.69 Å².